The minimum absolute atomic E-state index is 0.0108. The van der Waals surface area contributed by atoms with Gasteiger partial charge in [-0.15, -0.1) is 0 Å². The Hall–Kier alpha value is -2.21. The van der Waals surface area contributed by atoms with Crippen molar-refractivity contribution in [1.29, 1.82) is 0 Å². The Morgan fingerprint density at radius 2 is 1.95 bits per heavy atom. The Balaban J connectivity index is 2.30. The number of carbonyl (C=O) groups is 1. The monoisotopic (exact) mass is 284 g/mol. The quantitative estimate of drug-likeness (QED) is 0.906. The van der Waals surface area contributed by atoms with Crippen molar-refractivity contribution in [3.8, 4) is 0 Å². The summed E-state index contributed by atoms with van der Waals surface area (Å²) in [5.74, 6) is -3.11. The Bertz CT molecular complexity index is 650. The summed E-state index contributed by atoms with van der Waals surface area (Å²) in [6.45, 7) is 0. The van der Waals surface area contributed by atoms with Crippen LogP contribution in [0.1, 0.15) is 10.5 Å². The van der Waals surface area contributed by atoms with Gasteiger partial charge >= 0.3 is 5.97 Å². The Morgan fingerprint density at radius 3 is 2.58 bits per heavy atom. The van der Waals surface area contributed by atoms with Crippen LogP contribution in [0.2, 0.25) is 5.02 Å². The molecule has 0 aliphatic rings. The van der Waals surface area contributed by atoms with E-state index in [1.165, 1.54) is 18.2 Å². The Kier molecular flexibility index (Phi) is 3.62. The molecule has 1 heterocycles. The van der Waals surface area contributed by atoms with E-state index in [9.17, 15) is 13.6 Å². The van der Waals surface area contributed by atoms with Gasteiger partial charge in [0.05, 0.1) is 5.02 Å². The maximum absolute atomic E-state index is 13.0. The van der Waals surface area contributed by atoms with Gasteiger partial charge in [-0.05, 0) is 24.3 Å². The van der Waals surface area contributed by atoms with E-state index in [4.69, 9.17) is 16.7 Å². The summed E-state index contributed by atoms with van der Waals surface area (Å²) in [5, 5.41) is 11.5. The van der Waals surface area contributed by atoms with E-state index in [2.05, 4.69) is 10.3 Å². The summed E-state index contributed by atoms with van der Waals surface area (Å²) in [4.78, 5) is 14.6. The minimum atomic E-state index is -1.28. The molecule has 0 atom stereocenters. The highest BCUT2D eigenvalue weighted by Crippen LogP contribution is 2.21. The number of nitrogens with one attached hydrogen (secondary N) is 1. The Labute approximate surface area is 111 Å². The molecule has 0 radical (unpaired) electrons. The van der Waals surface area contributed by atoms with Gasteiger partial charge in [0.15, 0.2) is 17.3 Å². The number of hydrogen-bond acceptors (Lipinski definition) is 3. The molecule has 0 saturated heterocycles. The summed E-state index contributed by atoms with van der Waals surface area (Å²) in [6, 6.07) is 5.96. The van der Waals surface area contributed by atoms with E-state index in [0.29, 0.717) is 0 Å². The van der Waals surface area contributed by atoms with Crippen LogP contribution < -0.4 is 5.32 Å². The number of carboxylic acid groups (broad SMARTS) is 1. The average molecular weight is 285 g/mol. The first-order valence-electron chi connectivity index (χ1n) is 5.09. The second-order valence-electron chi connectivity index (χ2n) is 3.59. The number of rotatable bonds is 3. The summed E-state index contributed by atoms with van der Waals surface area (Å²) in [5.41, 5.74) is -0.0840. The van der Waals surface area contributed by atoms with E-state index in [-0.39, 0.29) is 22.2 Å². The second kappa shape index (κ2) is 5.19. The van der Waals surface area contributed by atoms with E-state index < -0.39 is 17.6 Å². The molecule has 4 nitrogen and oxygen atoms in total. The first kappa shape index (κ1) is 13.2. The second-order valence-corrected chi connectivity index (χ2v) is 3.99. The molecule has 0 spiro atoms. The van der Waals surface area contributed by atoms with Gasteiger partial charge in [0.1, 0.15) is 5.82 Å². The molecule has 0 fully saturated rings. The zero-order valence-electron chi connectivity index (χ0n) is 9.32. The fourth-order valence-electron chi connectivity index (χ4n) is 1.38. The lowest BCUT2D eigenvalue weighted by Crippen LogP contribution is -2.04. The molecular formula is C12H7ClF2N2O2. The van der Waals surface area contributed by atoms with Crippen molar-refractivity contribution in [3.63, 3.8) is 0 Å². The number of halogens is 3. The van der Waals surface area contributed by atoms with Crippen LogP contribution in [0.3, 0.4) is 0 Å². The van der Waals surface area contributed by atoms with Crippen molar-refractivity contribution < 1.29 is 18.7 Å². The van der Waals surface area contributed by atoms with Gasteiger partial charge in [-0.2, -0.15) is 0 Å². The minimum Gasteiger partial charge on any atom is -0.476 e. The molecule has 2 N–H and O–H groups in total. The molecule has 1 aromatic carbocycles. The van der Waals surface area contributed by atoms with Crippen LogP contribution in [0.15, 0.2) is 30.3 Å². The molecule has 98 valence electrons. The molecule has 1 aromatic heterocycles. The standard InChI is InChI=1S/C12H7ClF2N2O2/c13-7-2-4-10(17-11(7)12(18)19)16-6-1-3-8(14)9(15)5-6/h1-5H,(H,16,17)(H,18,19). The Morgan fingerprint density at radius 1 is 1.21 bits per heavy atom. The lowest BCUT2D eigenvalue weighted by Gasteiger charge is -2.07. The van der Waals surface area contributed by atoms with E-state index >= 15 is 0 Å². The number of aromatic nitrogens is 1. The molecule has 0 aliphatic heterocycles. The maximum atomic E-state index is 13.0. The normalized spacial score (nSPS) is 10.3. The number of aromatic carboxylic acids is 1. The molecule has 7 heteroatoms. The summed E-state index contributed by atoms with van der Waals surface area (Å²) >= 11 is 5.66. The molecular weight excluding hydrogens is 278 g/mol. The van der Waals surface area contributed by atoms with Gasteiger partial charge in [-0.1, -0.05) is 11.6 Å². The topological polar surface area (TPSA) is 62.2 Å². The molecule has 0 aliphatic carbocycles. The first-order valence-corrected chi connectivity index (χ1v) is 5.47. The summed E-state index contributed by atoms with van der Waals surface area (Å²) < 4.78 is 25.7. The maximum Gasteiger partial charge on any atom is 0.356 e. The van der Waals surface area contributed by atoms with Crippen molar-refractivity contribution in [3.05, 3.63) is 52.7 Å². The lowest BCUT2D eigenvalue weighted by atomic mass is 10.3. The van der Waals surface area contributed by atoms with Gasteiger partial charge in [-0.25, -0.2) is 18.6 Å². The van der Waals surface area contributed by atoms with Crippen LogP contribution in [0.5, 0.6) is 0 Å². The van der Waals surface area contributed by atoms with Crippen LogP contribution in [-0.2, 0) is 0 Å². The van der Waals surface area contributed by atoms with Gasteiger partial charge in [0.25, 0.3) is 0 Å². The van der Waals surface area contributed by atoms with E-state index in [1.807, 2.05) is 0 Å². The summed E-state index contributed by atoms with van der Waals surface area (Å²) in [6.07, 6.45) is 0. The van der Waals surface area contributed by atoms with Crippen LogP contribution in [0.25, 0.3) is 0 Å². The average Bonchev–Trinajstić information content (AvgIpc) is 2.36. The number of nitrogens with zero attached hydrogens (tertiary/aromatic N) is 1. The van der Waals surface area contributed by atoms with Crippen molar-refractivity contribution in [2.75, 3.05) is 5.32 Å². The highest BCUT2D eigenvalue weighted by atomic mass is 35.5. The largest absolute Gasteiger partial charge is 0.476 e. The smallest absolute Gasteiger partial charge is 0.356 e. The first-order chi connectivity index (χ1) is 8.97. The van der Waals surface area contributed by atoms with Crippen LogP contribution in [-0.4, -0.2) is 16.1 Å². The van der Waals surface area contributed by atoms with Crippen LogP contribution >= 0.6 is 11.6 Å². The third-order valence-corrected chi connectivity index (χ3v) is 2.55. The van der Waals surface area contributed by atoms with E-state index in [0.717, 1.165) is 12.1 Å². The zero-order chi connectivity index (χ0) is 14.0. The molecule has 0 bridgehead atoms. The molecule has 2 aromatic rings. The van der Waals surface area contributed by atoms with Crippen molar-refractivity contribution in [2.45, 2.75) is 0 Å². The van der Waals surface area contributed by atoms with Crippen LogP contribution in [0, 0.1) is 11.6 Å². The van der Waals surface area contributed by atoms with Crippen molar-refractivity contribution in [1.82, 2.24) is 4.98 Å². The SMILES string of the molecule is O=C(O)c1nc(Nc2ccc(F)c(F)c2)ccc1Cl. The third kappa shape index (κ3) is 2.97. The predicted molar refractivity (Wildman–Crippen MR) is 65.8 cm³/mol. The van der Waals surface area contributed by atoms with E-state index in [1.54, 1.807) is 0 Å². The van der Waals surface area contributed by atoms with Gasteiger partial charge in [0, 0.05) is 11.8 Å². The number of carboxylic acids is 1. The number of benzene rings is 1. The molecule has 0 unspecified atom stereocenters. The number of anilines is 2. The van der Waals surface area contributed by atoms with Crippen LogP contribution in [0.4, 0.5) is 20.3 Å². The zero-order valence-corrected chi connectivity index (χ0v) is 10.1. The molecule has 0 amide bonds. The van der Waals surface area contributed by atoms with Gasteiger partial charge in [-0.3, -0.25) is 0 Å². The summed E-state index contributed by atoms with van der Waals surface area (Å²) in [7, 11) is 0. The number of pyridine rings is 1. The lowest BCUT2D eigenvalue weighted by molar-refractivity contribution is 0.0691. The molecule has 2 rings (SSSR count). The van der Waals surface area contributed by atoms with Gasteiger partial charge < -0.3 is 10.4 Å². The predicted octanol–water partition coefficient (Wildman–Crippen LogP) is 3.46. The van der Waals surface area contributed by atoms with Crippen molar-refractivity contribution in [2.24, 2.45) is 0 Å². The van der Waals surface area contributed by atoms with Gasteiger partial charge in [0.2, 0.25) is 0 Å². The highest BCUT2D eigenvalue weighted by Gasteiger charge is 2.12. The third-order valence-electron chi connectivity index (χ3n) is 2.24. The number of hydrogen-bond donors (Lipinski definition) is 2. The fraction of sp³-hybridized carbons (Fsp3) is 0. The van der Waals surface area contributed by atoms with Crippen molar-refractivity contribution >= 4 is 29.1 Å². The molecule has 0 saturated carbocycles. The molecule has 19 heavy (non-hydrogen) atoms. The highest BCUT2D eigenvalue weighted by molar-refractivity contribution is 6.33. The fourth-order valence-corrected chi connectivity index (χ4v) is 1.57.